The molecule has 0 unspecified atom stereocenters. The van der Waals surface area contributed by atoms with E-state index in [1.807, 2.05) is 0 Å². The standard InChI is InChI=1S/C5H9NO3/c1-4(6)5(8)9-3-2-7/h6-7H,2-3H2,1H3. The molecule has 0 spiro atoms. The topological polar surface area (TPSA) is 70.4 Å². The Morgan fingerprint density at radius 2 is 2.33 bits per heavy atom. The van der Waals surface area contributed by atoms with Crippen molar-refractivity contribution in [2.45, 2.75) is 6.92 Å². The van der Waals surface area contributed by atoms with Gasteiger partial charge in [0.15, 0.2) is 0 Å². The van der Waals surface area contributed by atoms with E-state index in [2.05, 4.69) is 4.74 Å². The summed E-state index contributed by atoms with van der Waals surface area (Å²) in [5.41, 5.74) is -0.150. The Hall–Kier alpha value is -0.900. The van der Waals surface area contributed by atoms with Gasteiger partial charge in [0.05, 0.1) is 6.61 Å². The number of aliphatic hydroxyl groups excluding tert-OH is 1. The molecule has 0 heterocycles. The number of hydrogen-bond donors (Lipinski definition) is 2. The number of ether oxygens (including phenoxy) is 1. The van der Waals surface area contributed by atoms with Gasteiger partial charge < -0.3 is 9.84 Å². The zero-order valence-corrected chi connectivity index (χ0v) is 5.18. The Kier molecular flexibility index (Phi) is 3.62. The highest BCUT2D eigenvalue weighted by molar-refractivity contribution is 6.33. The van der Waals surface area contributed by atoms with Crippen LogP contribution in [0.4, 0.5) is 0 Å². The maximum Gasteiger partial charge on any atom is 0.351 e. The molecular weight excluding hydrogens is 122 g/mol. The highest BCUT2D eigenvalue weighted by atomic mass is 16.5. The van der Waals surface area contributed by atoms with Crippen molar-refractivity contribution in [2.75, 3.05) is 13.2 Å². The molecule has 0 saturated carbocycles. The summed E-state index contributed by atoms with van der Waals surface area (Å²) in [4.78, 5) is 10.3. The first-order valence-corrected chi connectivity index (χ1v) is 2.51. The molecule has 4 nitrogen and oxygen atoms in total. The van der Waals surface area contributed by atoms with Crippen molar-refractivity contribution < 1.29 is 14.6 Å². The zero-order chi connectivity index (χ0) is 7.28. The summed E-state index contributed by atoms with van der Waals surface area (Å²) >= 11 is 0. The fourth-order valence-electron chi connectivity index (χ4n) is 0.247. The lowest BCUT2D eigenvalue weighted by Gasteiger charge is -1.97. The van der Waals surface area contributed by atoms with Gasteiger partial charge in [0, 0.05) is 0 Å². The van der Waals surface area contributed by atoms with Crippen molar-refractivity contribution in [3.63, 3.8) is 0 Å². The fourth-order valence-corrected chi connectivity index (χ4v) is 0.247. The van der Waals surface area contributed by atoms with Gasteiger partial charge in [-0.2, -0.15) is 0 Å². The summed E-state index contributed by atoms with van der Waals surface area (Å²) in [6.45, 7) is 1.10. The molecule has 0 radical (unpaired) electrons. The number of aliphatic hydroxyl groups is 1. The maximum absolute atomic E-state index is 10.3. The van der Waals surface area contributed by atoms with Crippen LogP contribution in [0.25, 0.3) is 0 Å². The predicted molar refractivity (Wildman–Crippen MR) is 31.4 cm³/mol. The number of nitrogens with one attached hydrogen (secondary N) is 1. The van der Waals surface area contributed by atoms with Gasteiger partial charge in [0.1, 0.15) is 12.3 Å². The van der Waals surface area contributed by atoms with Gasteiger partial charge in [-0.15, -0.1) is 0 Å². The fraction of sp³-hybridized carbons (Fsp3) is 0.600. The van der Waals surface area contributed by atoms with Crippen LogP contribution in [0.5, 0.6) is 0 Å². The molecular formula is C5H9NO3. The molecule has 0 aromatic carbocycles. The van der Waals surface area contributed by atoms with Crippen LogP contribution in [0.15, 0.2) is 0 Å². The van der Waals surface area contributed by atoms with Crippen molar-refractivity contribution in [2.24, 2.45) is 0 Å². The molecule has 52 valence electrons. The van der Waals surface area contributed by atoms with Crippen LogP contribution < -0.4 is 0 Å². The van der Waals surface area contributed by atoms with E-state index in [9.17, 15) is 4.79 Å². The maximum atomic E-state index is 10.3. The van der Waals surface area contributed by atoms with Gasteiger partial charge >= 0.3 is 5.97 Å². The van der Waals surface area contributed by atoms with Gasteiger partial charge in [-0.25, -0.2) is 4.79 Å². The molecule has 0 aliphatic rings. The second kappa shape index (κ2) is 4.03. The van der Waals surface area contributed by atoms with Crippen LogP contribution in [0.2, 0.25) is 0 Å². The van der Waals surface area contributed by atoms with Crippen LogP contribution in [-0.2, 0) is 9.53 Å². The van der Waals surface area contributed by atoms with Crippen LogP contribution in [-0.4, -0.2) is 30.0 Å². The van der Waals surface area contributed by atoms with E-state index in [-0.39, 0.29) is 18.9 Å². The van der Waals surface area contributed by atoms with Crippen molar-refractivity contribution in [1.29, 1.82) is 5.41 Å². The first kappa shape index (κ1) is 8.10. The van der Waals surface area contributed by atoms with Crippen molar-refractivity contribution in [1.82, 2.24) is 0 Å². The summed E-state index contributed by atoms with van der Waals surface area (Å²) in [5, 5.41) is 14.9. The second-order valence-electron chi connectivity index (χ2n) is 1.48. The molecule has 0 aliphatic heterocycles. The summed E-state index contributed by atoms with van der Waals surface area (Å²) in [6.07, 6.45) is 0. The summed E-state index contributed by atoms with van der Waals surface area (Å²) < 4.78 is 4.34. The molecule has 0 aromatic rings. The van der Waals surface area contributed by atoms with E-state index in [4.69, 9.17) is 10.5 Å². The molecule has 0 fully saturated rings. The third kappa shape index (κ3) is 3.66. The lowest BCUT2D eigenvalue weighted by molar-refractivity contribution is -0.136. The Balaban J connectivity index is 3.39. The summed E-state index contributed by atoms with van der Waals surface area (Å²) in [7, 11) is 0. The smallest absolute Gasteiger partial charge is 0.351 e. The van der Waals surface area contributed by atoms with Crippen molar-refractivity contribution >= 4 is 11.7 Å². The third-order valence-electron chi connectivity index (χ3n) is 0.631. The molecule has 0 rings (SSSR count). The number of esters is 1. The SMILES string of the molecule is CC(=N)C(=O)OCCO. The van der Waals surface area contributed by atoms with E-state index in [0.717, 1.165) is 0 Å². The molecule has 0 aromatic heterocycles. The minimum atomic E-state index is -0.677. The van der Waals surface area contributed by atoms with E-state index >= 15 is 0 Å². The Labute approximate surface area is 53.0 Å². The van der Waals surface area contributed by atoms with E-state index < -0.39 is 5.97 Å². The van der Waals surface area contributed by atoms with Crippen LogP contribution in [0, 0.1) is 5.41 Å². The number of carbonyl (C=O) groups excluding carboxylic acids is 1. The lowest BCUT2D eigenvalue weighted by atomic mass is 10.4. The minimum Gasteiger partial charge on any atom is -0.459 e. The van der Waals surface area contributed by atoms with Crippen molar-refractivity contribution in [3.05, 3.63) is 0 Å². The zero-order valence-electron chi connectivity index (χ0n) is 5.18. The van der Waals surface area contributed by atoms with Crippen LogP contribution in [0.3, 0.4) is 0 Å². The lowest BCUT2D eigenvalue weighted by Crippen LogP contribution is -2.15. The average Bonchev–Trinajstić information content (AvgIpc) is 1.82. The van der Waals surface area contributed by atoms with E-state index in [1.54, 1.807) is 0 Å². The Bertz CT molecular complexity index is 121. The van der Waals surface area contributed by atoms with Gasteiger partial charge in [0.2, 0.25) is 0 Å². The van der Waals surface area contributed by atoms with Crippen LogP contribution in [0.1, 0.15) is 6.92 Å². The van der Waals surface area contributed by atoms with Gasteiger partial charge in [-0.3, -0.25) is 5.41 Å². The second-order valence-corrected chi connectivity index (χ2v) is 1.48. The molecule has 0 saturated heterocycles. The van der Waals surface area contributed by atoms with E-state index in [1.165, 1.54) is 6.92 Å². The van der Waals surface area contributed by atoms with Crippen molar-refractivity contribution in [3.8, 4) is 0 Å². The number of hydrogen-bond acceptors (Lipinski definition) is 4. The first-order chi connectivity index (χ1) is 4.18. The Morgan fingerprint density at radius 1 is 1.78 bits per heavy atom. The molecule has 0 aliphatic carbocycles. The summed E-state index contributed by atoms with van der Waals surface area (Å²) in [6, 6.07) is 0. The first-order valence-electron chi connectivity index (χ1n) is 2.51. The normalized spacial score (nSPS) is 8.67. The predicted octanol–water partition coefficient (Wildman–Crippen LogP) is -0.438. The average molecular weight is 131 g/mol. The molecule has 2 N–H and O–H groups in total. The molecule has 4 heteroatoms. The quantitative estimate of drug-likeness (QED) is 0.403. The van der Waals surface area contributed by atoms with E-state index in [0.29, 0.717) is 0 Å². The largest absolute Gasteiger partial charge is 0.459 e. The monoisotopic (exact) mass is 131 g/mol. The molecule has 0 amide bonds. The van der Waals surface area contributed by atoms with Crippen LogP contribution >= 0.6 is 0 Å². The molecule has 0 bridgehead atoms. The van der Waals surface area contributed by atoms with Gasteiger partial charge in [0.25, 0.3) is 0 Å². The minimum absolute atomic E-state index is 0.0327. The van der Waals surface area contributed by atoms with Gasteiger partial charge in [-0.05, 0) is 6.92 Å². The number of carbonyl (C=O) groups is 1. The highest BCUT2D eigenvalue weighted by Gasteiger charge is 2.02. The molecule has 9 heavy (non-hydrogen) atoms. The molecule has 0 atom stereocenters. The number of rotatable bonds is 3. The third-order valence-corrected chi connectivity index (χ3v) is 0.631. The highest BCUT2D eigenvalue weighted by Crippen LogP contribution is 1.78. The summed E-state index contributed by atoms with van der Waals surface area (Å²) in [5.74, 6) is -0.677. The Morgan fingerprint density at radius 3 is 2.67 bits per heavy atom. The van der Waals surface area contributed by atoms with Gasteiger partial charge in [-0.1, -0.05) is 0 Å².